The highest BCUT2D eigenvalue weighted by atomic mass is 19.4. The monoisotopic (exact) mass is 315 g/mol. The molecule has 116 valence electrons. The van der Waals surface area contributed by atoms with Gasteiger partial charge in [-0.25, -0.2) is 8.78 Å². The van der Waals surface area contributed by atoms with Crippen LogP contribution >= 0.6 is 0 Å². The van der Waals surface area contributed by atoms with E-state index in [1.54, 1.807) is 0 Å². The third-order valence-corrected chi connectivity index (χ3v) is 2.92. The lowest BCUT2D eigenvalue weighted by molar-refractivity contribution is -0.137. The van der Waals surface area contributed by atoms with Crippen molar-refractivity contribution in [3.63, 3.8) is 0 Å². The molecule has 0 aromatic heterocycles. The van der Waals surface area contributed by atoms with Gasteiger partial charge in [0.1, 0.15) is 17.2 Å². The molecule has 2 rings (SSSR count). The maximum Gasteiger partial charge on any atom is 0.416 e. The van der Waals surface area contributed by atoms with E-state index in [1.807, 2.05) is 0 Å². The topological polar surface area (TPSA) is 29.1 Å². The highest BCUT2D eigenvalue weighted by Crippen LogP contribution is 2.29. The first kappa shape index (κ1) is 15.9. The SMILES string of the molecule is O=C(NCc1ccc(C(F)(F)F)cc1)c1c(F)cccc1F. The van der Waals surface area contributed by atoms with Crippen molar-refractivity contribution >= 4 is 5.91 Å². The van der Waals surface area contributed by atoms with Crippen molar-refractivity contribution < 1.29 is 26.7 Å². The molecule has 0 spiro atoms. The molecule has 0 saturated heterocycles. The van der Waals surface area contributed by atoms with Gasteiger partial charge in [-0.2, -0.15) is 13.2 Å². The quantitative estimate of drug-likeness (QED) is 0.855. The van der Waals surface area contributed by atoms with E-state index in [0.717, 1.165) is 30.3 Å². The van der Waals surface area contributed by atoms with Crippen LogP contribution in [0.1, 0.15) is 21.5 Å². The van der Waals surface area contributed by atoms with Crippen LogP contribution in [-0.2, 0) is 12.7 Å². The van der Waals surface area contributed by atoms with E-state index in [9.17, 15) is 26.7 Å². The van der Waals surface area contributed by atoms with Crippen LogP contribution in [0.25, 0.3) is 0 Å². The summed E-state index contributed by atoms with van der Waals surface area (Å²) in [6.45, 7) is -0.148. The van der Waals surface area contributed by atoms with Crippen LogP contribution in [0.15, 0.2) is 42.5 Å². The van der Waals surface area contributed by atoms with Gasteiger partial charge >= 0.3 is 6.18 Å². The minimum absolute atomic E-state index is 0.148. The van der Waals surface area contributed by atoms with E-state index in [0.29, 0.717) is 5.56 Å². The molecule has 0 aliphatic heterocycles. The summed E-state index contributed by atoms with van der Waals surface area (Å²) >= 11 is 0. The number of rotatable bonds is 3. The highest BCUT2D eigenvalue weighted by Gasteiger charge is 2.29. The van der Waals surface area contributed by atoms with Gasteiger partial charge in [-0.15, -0.1) is 0 Å². The number of carbonyl (C=O) groups is 1. The standard InChI is InChI=1S/C15H10F5NO/c16-11-2-1-3-12(17)13(11)14(22)21-8-9-4-6-10(7-5-9)15(18,19)20/h1-7H,8H2,(H,21,22). The summed E-state index contributed by atoms with van der Waals surface area (Å²) in [5.74, 6) is -3.00. The second-order valence-corrected chi connectivity index (χ2v) is 4.47. The van der Waals surface area contributed by atoms with Crippen LogP contribution in [0.3, 0.4) is 0 Å². The molecule has 0 unspecified atom stereocenters. The third kappa shape index (κ3) is 3.60. The van der Waals surface area contributed by atoms with Crippen LogP contribution in [0, 0.1) is 11.6 Å². The summed E-state index contributed by atoms with van der Waals surface area (Å²) in [7, 11) is 0. The number of halogens is 5. The van der Waals surface area contributed by atoms with E-state index in [2.05, 4.69) is 5.32 Å². The lowest BCUT2D eigenvalue weighted by atomic mass is 10.1. The Bertz CT molecular complexity index is 659. The summed E-state index contributed by atoms with van der Waals surface area (Å²) in [6, 6.07) is 7.10. The minimum Gasteiger partial charge on any atom is -0.348 e. The van der Waals surface area contributed by atoms with E-state index in [4.69, 9.17) is 0 Å². The van der Waals surface area contributed by atoms with Gasteiger partial charge in [0.15, 0.2) is 0 Å². The molecule has 0 saturated carbocycles. The Hall–Kier alpha value is -2.44. The Balaban J connectivity index is 2.06. The van der Waals surface area contributed by atoms with Gasteiger partial charge in [0.25, 0.3) is 5.91 Å². The molecule has 22 heavy (non-hydrogen) atoms. The summed E-state index contributed by atoms with van der Waals surface area (Å²) in [6.07, 6.45) is -4.45. The molecule has 0 aliphatic rings. The van der Waals surface area contributed by atoms with Crippen LogP contribution in [0.4, 0.5) is 22.0 Å². The lowest BCUT2D eigenvalue weighted by Crippen LogP contribution is -2.25. The Kier molecular flexibility index (Phi) is 4.44. The zero-order chi connectivity index (χ0) is 16.3. The van der Waals surface area contributed by atoms with Gasteiger partial charge in [0.05, 0.1) is 5.56 Å². The predicted octanol–water partition coefficient (Wildman–Crippen LogP) is 3.91. The van der Waals surface area contributed by atoms with Crippen molar-refractivity contribution in [3.05, 3.63) is 70.8 Å². The molecule has 0 radical (unpaired) electrons. The molecular formula is C15H10F5NO. The highest BCUT2D eigenvalue weighted by molar-refractivity contribution is 5.94. The maximum absolute atomic E-state index is 13.4. The molecule has 2 aromatic carbocycles. The molecule has 0 bridgehead atoms. The first-order valence-corrected chi connectivity index (χ1v) is 6.17. The molecule has 0 atom stereocenters. The number of carbonyl (C=O) groups excluding carboxylic acids is 1. The average Bonchev–Trinajstić information content (AvgIpc) is 2.44. The second-order valence-electron chi connectivity index (χ2n) is 4.47. The average molecular weight is 315 g/mol. The van der Waals surface area contributed by atoms with Crippen LogP contribution in [-0.4, -0.2) is 5.91 Å². The summed E-state index contributed by atoms with van der Waals surface area (Å²) < 4.78 is 63.9. The minimum atomic E-state index is -4.45. The molecule has 0 aliphatic carbocycles. The maximum atomic E-state index is 13.4. The molecule has 2 nitrogen and oxygen atoms in total. The fourth-order valence-corrected chi connectivity index (χ4v) is 1.80. The number of amides is 1. The lowest BCUT2D eigenvalue weighted by Gasteiger charge is -2.09. The van der Waals surface area contributed by atoms with Gasteiger partial charge in [0, 0.05) is 6.54 Å². The van der Waals surface area contributed by atoms with Gasteiger partial charge in [-0.05, 0) is 29.8 Å². The normalized spacial score (nSPS) is 11.3. The van der Waals surface area contributed by atoms with Crippen molar-refractivity contribution in [2.24, 2.45) is 0 Å². The van der Waals surface area contributed by atoms with Gasteiger partial charge in [-0.3, -0.25) is 4.79 Å². The Morgan fingerprint density at radius 2 is 1.50 bits per heavy atom. The van der Waals surface area contributed by atoms with Crippen molar-refractivity contribution in [1.82, 2.24) is 5.32 Å². The summed E-state index contributed by atoms with van der Waals surface area (Å²) in [5.41, 5.74) is -1.17. The first-order valence-electron chi connectivity index (χ1n) is 6.17. The van der Waals surface area contributed by atoms with Crippen LogP contribution in [0.5, 0.6) is 0 Å². The second kappa shape index (κ2) is 6.13. The molecule has 2 aromatic rings. The first-order chi connectivity index (χ1) is 10.3. The molecule has 1 N–H and O–H groups in total. The van der Waals surface area contributed by atoms with E-state index >= 15 is 0 Å². The van der Waals surface area contributed by atoms with Crippen molar-refractivity contribution in [3.8, 4) is 0 Å². The van der Waals surface area contributed by atoms with Crippen LogP contribution < -0.4 is 5.32 Å². The van der Waals surface area contributed by atoms with Crippen molar-refractivity contribution in [1.29, 1.82) is 0 Å². The summed E-state index contributed by atoms with van der Waals surface area (Å²) in [4.78, 5) is 11.7. The predicted molar refractivity (Wildman–Crippen MR) is 69.0 cm³/mol. The zero-order valence-corrected chi connectivity index (χ0v) is 11.0. The van der Waals surface area contributed by atoms with Crippen molar-refractivity contribution in [2.75, 3.05) is 0 Å². The van der Waals surface area contributed by atoms with Gasteiger partial charge in [0.2, 0.25) is 0 Å². The number of hydrogen-bond donors (Lipinski definition) is 1. The molecule has 1 amide bonds. The largest absolute Gasteiger partial charge is 0.416 e. The molecule has 0 fully saturated rings. The smallest absolute Gasteiger partial charge is 0.348 e. The zero-order valence-electron chi connectivity index (χ0n) is 11.0. The number of benzene rings is 2. The molecule has 7 heteroatoms. The number of alkyl halides is 3. The number of hydrogen-bond acceptors (Lipinski definition) is 1. The third-order valence-electron chi connectivity index (χ3n) is 2.92. The Morgan fingerprint density at radius 1 is 0.955 bits per heavy atom. The van der Waals surface area contributed by atoms with E-state index < -0.39 is 34.8 Å². The van der Waals surface area contributed by atoms with Crippen LogP contribution in [0.2, 0.25) is 0 Å². The number of nitrogens with one attached hydrogen (secondary N) is 1. The fraction of sp³-hybridized carbons (Fsp3) is 0.133. The van der Waals surface area contributed by atoms with Gasteiger partial charge in [-0.1, -0.05) is 18.2 Å². The Labute approximate surface area is 122 Å². The fourth-order valence-electron chi connectivity index (χ4n) is 1.80. The van der Waals surface area contributed by atoms with E-state index in [-0.39, 0.29) is 6.54 Å². The van der Waals surface area contributed by atoms with Crippen molar-refractivity contribution in [2.45, 2.75) is 12.7 Å². The molecule has 0 heterocycles. The van der Waals surface area contributed by atoms with Gasteiger partial charge < -0.3 is 5.32 Å². The summed E-state index contributed by atoms with van der Waals surface area (Å²) in [5, 5.41) is 2.25. The van der Waals surface area contributed by atoms with E-state index in [1.165, 1.54) is 12.1 Å². The molecular weight excluding hydrogens is 305 g/mol. The Morgan fingerprint density at radius 3 is 2.00 bits per heavy atom.